The van der Waals surface area contributed by atoms with E-state index in [0.717, 1.165) is 21.6 Å². The number of carbonyl (C=O) groups is 1. The number of amides is 1. The first kappa shape index (κ1) is 14.0. The zero-order valence-electron chi connectivity index (χ0n) is 11.8. The number of hydrogen-bond donors (Lipinski definition) is 1. The Morgan fingerprint density at radius 1 is 1.17 bits per heavy atom. The lowest BCUT2D eigenvalue weighted by Gasteiger charge is -2.02. The summed E-state index contributed by atoms with van der Waals surface area (Å²) in [6.07, 6.45) is 0. The lowest BCUT2D eigenvalue weighted by Crippen LogP contribution is -2.19. The summed E-state index contributed by atoms with van der Waals surface area (Å²) in [6, 6.07) is 11.5. The highest BCUT2D eigenvalue weighted by Crippen LogP contribution is 2.28. The third-order valence-electron chi connectivity index (χ3n) is 3.24. The average molecular weight is 341 g/mol. The van der Waals surface area contributed by atoms with Crippen LogP contribution in [-0.4, -0.2) is 25.9 Å². The van der Waals surface area contributed by atoms with Crippen molar-refractivity contribution in [2.45, 2.75) is 6.54 Å². The Morgan fingerprint density at radius 3 is 2.96 bits per heavy atom. The van der Waals surface area contributed by atoms with Gasteiger partial charge in [0, 0.05) is 5.38 Å². The fourth-order valence-corrected chi connectivity index (χ4v) is 3.69. The maximum absolute atomic E-state index is 12.2. The second-order valence-corrected chi connectivity index (χ2v) is 6.60. The van der Waals surface area contributed by atoms with Gasteiger partial charge < -0.3 is 5.32 Å². The van der Waals surface area contributed by atoms with Crippen LogP contribution in [0.1, 0.15) is 0 Å². The Balaban J connectivity index is 1.48. The van der Waals surface area contributed by atoms with E-state index in [1.54, 1.807) is 16.0 Å². The molecule has 0 spiro atoms. The van der Waals surface area contributed by atoms with Gasteiger partial charge in [0.05, 0.1) is 16.1 Å². The number of hydrogen-bond acceptors (Lipinski definition) is 6. The molecule has 0 bridgehead atoms. The number of carbonyl (C=O) groups excluding carboxylic acids is 1. The van der Waals surface area contributed by atoms with Crippen LogP contribution in [0, 0.1) is 0 Å². The van der Waals surface area contributed by atoms with Crippen LogP contribution in [0.3, 0.4) is 0 Å². The summed E-state index contributed by atoms with van der Waals surface area (Å²) in [6.45, 7) is 0.106. The minimum absolute atomic E-state index is 0.106. The molecule has 1 N–H and O–H groups in total. The van der Waals surface area contributed by atoms with Gasteiger partial charge in [0.2, 0.25) is 5.91 Å². The van der Waals surface area contributed by atoms with Crippen LogP contribution in [0.25, 0.3) is 21.6 Å². The molecule has 4 aromatic rings. The standard InChI is InChI=1S/C15H11N5OS2/c21-14(8-20-12-5-2-1-4-10(12)18-19-20)17-15-16-11(9-23-15)13-6-3-7-22-13/h1-7,9H,8H2,(H,16,17,21). The third kappa shape index (κ3) is 2.86. The molecule has 1 aromatic carbocycles. The van der Waals surface area contributed by atoms with Gasteiger partial charge in [0.1, 0.15) is 12.1 Å². The van der Waals surface area contributed by atoms with Gasteiger partial charge in [-0.15, -0.1) is 27.8 Å². The zero-order chi connectivity index (χ0) is 15.6. The molecule has 114 valence electrons. The summed E-state index contributed by atoms with van der Waals surface area (Å²) in [5.41, 5.74) is 2.49. The second kappa shape index (κ2) is 5.90. The van der Waals surface area contributed by atoms with Crippen molar-refractivity contribution in [3.05, 3.63) is 47.2 Å². The number of aromatic nitrogens is 4. The van der Waals surface area contributed by atoms with Gasteiger partial charge in [0.15, 0.2) is 5.13 Å². The van der Waals surface area contributed by atoms with Crippen molar-refractivity contribution in [1.29, 1.82) is 0 Å². The molecule has 0 aliphatic rings. The number of rotatable bonds is 4. The van der Waals surface area contributed by atoms with E-state index in [1.807, 2.05) is 47.2 Å². The molecule has 3 heterocycles. The minimum Gasteiger partial charge on any atom is -0.300 e. The molecule has 0 saturated carbocycles. The summed E-state index contributed by atoms with van der Waals surface area (Å²) < 4.78 is 1.58. The van der Waals surface area contributed by atoms with Crippen LogP contribution < -0.4 is 5.32 Å². The van der Waals surface area contributed by atoms with E-state index in [9.17, 15) is 4.79 Å². The molecule has 4 rings (SSSR count). The predicted molar refractivity (Wildman–Crippen MR) is 91.6 cm³/mol. The molecule has 0 radical (unpaired) electrons. The van der Waals surface area contributed by atoms with Crippen LogP contribution in [0.5, 0.6) is 0 Å². The van der Waals surface area contributed by atoms with Gasteiger partial charge in [0.25, 0.3) is 0 Å². The fourth-order valence-electron chi connectivity index (χ4n) is 2.20. The van der Waals surface area contributed by atoms with Crippen molar-refractivity contribution in [2.75, 3.05) is 5.32 Å². The van der Waals surface area contributed by atoms with Crippen LogP contribution >= 0.6 is 22.7 Å². The molecule has 0 aliphatic carbocycles. The Morgan fingerprint density at radius 2 is 2.09 bits per heavy atom. The largest absolute Gasteiger partial charge is 0.300 e. The average Bonchev–Trinajstić information content (AvgIpc) is 3.27. The maximum Gasteiger partial charge on any atom is 0.247 e. The molecule has 8 heteroatoms. The highest BCUT2D eigenvalue weighted by Gasteiger charge is 2.11. The van der Waals surface area contributed by atoms with Gasteiger partial charge >= 0.3 is 0 Å². The number of anilines is 1. The van der Waals surface area contributed by atoms with Crippen molar-refractivity contribution in [3.63, 3.8) is 0 Å². The lowest BCUT2D eigenvalue weighted by atomic mass is 10.3. The van der Waals surface area contributed by atoms with Gasteiger partial charge in [-0.1, -0.05) is 23.4 Å². The van der Waals surface area contributed by atoms with Gasteiger partial charge in [-0.2, -0.15) is 0 Å². The summed E-state index contributed by atoms with van der Waals surface area (Å²) >= 11 is 3.03. The van der Waals surface area contributed by atoms with E-state index < -0.39 is 0 Å². The van der Waals surface area contributed by atoms with Crippen LogP contribution in [-0.2, 0) is 11.3 Å². The van der Waals surface area contributed by atoms with Crippen molar-refractivity contribution >= 4 is 44.7 Å². The Labute approximate surface area is 139 Å². The number of para-hydroxylation sites is 1. The predicted octanol–water partition coefficient (Wildman–Crippen LogP) is 3.26. The van der Waals surface area contributed by atoms with Crippen molar-refractivity contribution in [3.8, 4) is 10.6 Å². The smallest absolute Gasteiger partial charge is 0.247 e. The van der Waals surface area contributed by atoms with Crippen molar-refractivity contribution in [2.24, 2.45) is 0 Å². The first-order valence-electron chi connectivity index (χ1n) is 6.87. The first-order chi connectivity index (χ1) is 11.3. The highest BCUT2D eigenvalue weighted by atomic mass is 32.1. The van der Waals surface area contributed by atoms with E-state index in [2.05, 4.69) is 20.6 Å². The molecule has 1 amide bonds. The monoisotopic (exact) mass is 341 g/mol. The molecule has 0 atom stereocenters. The summed E-state index contributed by atoms with van der Waals surface area (Å²) in [7, 11) is 0. The Bertz CT molecular complexity index is 957. The molecule has 0 aliphatic heterocycles. The number of benzene rings is 1. The third-order valence-corrected chi connectivity index (χ3v) is 4.89. The summed E-state index contributed by atoms with van der Waals surface area (Å²) in [5, 5.41) is 15.4. The normalized spacial score (nSPS) is 11.0. The topological polar surface area (TPSA) is 72.7 Å². The lowest BCUT2D eigenvalue weighted by molar-refractivity contribution is -0.116. The maximum atomic E-state index is 12.2. The molecular formula is C15H11N5OS2. The molecule has 3 aromatic heterocycles. The summed E-state index contributed by atoms with van der Waals surface area (Å²) in [4.78, 5) is 17.7. The minimum atomic E-state index is -0.173. The molecule has 23 heavy (non-hydrogen) atoms. The highest BCUT2D eigenvalue weighted by molar-refractivity contribution is 7.16. The number of nitrogens with zero attached hydrogens (tertiary/aromatic N) is 4. The van der Waals surface area contributed by atoms with E-state index >= 15 is 0 Å². The van der Waals surface area contributed by atoms with Crippen LogP contribution in [0.2, 0.25) is 0 Å². The SMILES string of the molecule is O=C(Cn1nnc2ccccc21)Nc1nc(-c2cccs2)cs1. The second-order valence-electron chi connectivity index (χ2n) is 4.80. The van der Waals surface area contributed by atoms with Crippen LogP contribution in [0.4, 0.5) is 5.13 Å². The van der Waals surface area contributed by atoms with E-state index in [4.69, 9.17) is 0 Å². The van der Waals surface area contributed by atoms with E-state index in [0.29, 0.717) is 5.13 Å². The molecule has 0 unspecified atom stereocenters. The number of thiazole rings is 1. The van der Waals surface area contributed by atoms with E-state index in [1.165, 1.54) is 11.3 Å². The molecule has 6 nitrogen and oxygen atoms in total. The first-order valence-corrected chi connectivity index (χ1v) is 8.63. The molecule has 0 saturated heterocycles. The van der Waals surface area contributed by atoms with Crippen molar-refractivity contribution < 1.29 is 4.79 Å². The van der Waals surface area contributed by atoms with Crippen LogP contribution in [0.15, 0.2) is 47.2 Å². The fraction of sp³-hybridized carbons (Fsp3) is 0.0667. The van der Waals surface area contributed by atoms with Gasteiger partial charge in [-0.05, 0) is 23.6 Å². The quantitative estimate of drug-likeness (QED) is 0.618. The molecule has 0 fully saturated rings. The van der Waals surface area contributed by atoms with E-state index in [-0.39, 0.29) is 12.5 Å². The Kier molecular flexibility index (Phi) is 3.60. The zero-order valence-corrected chi connectivity index (χ0v) is 13.5. The number of fused-ring (bicyclic) bond motifs is 1. The van der Waals surface area contributed by atoms with Gasteiger partial charge in [-0.3, -0.25) is 4.79 Å². The van der Waals surface area contributed by atoms with Gasteiger partial charge in [-0.25, -0.2) is 9.67 Å². The molecular weight excluding hydrogens is 330 g/mol. The summed E-state index contributed by atoms with van der Waals surface area (Å²) in [5.74, 6) is -0.173. The van der Waals surface area contributed by atoms with Crippen molar-refractivity contribution in [1.82, 2.24) is 20.0 Å². The number of nitrogens with one attached hydrogen (secondary N) is 1. The number of thiophene rings is 1. The Hall–Kier alpha value is -2.58.